The van der Waals surface area contributed by atoms with Crippen molar-refractivity contribution in [3.8, 4) is 22.3 Å². The quantitative estimate of drug-likeness (QED) is 0.144. The van der Waals surface area contributed by atoms with E-state index >= 15 is 0 Å². The SMILES string of the molecule is C[C@H]1OC(=O)[C@@H]2C[C@@H]3C[C@@H](N)CC[C@H]3[C@H](/C=C/c3ccc(-c4cccc(C(F)(F)F)c4)cn3)[C@H]12.C[C@H]1OC(=O)[C@@H]2C[C@@H]3C[C@H](N)CC[C@H]3[C@H](/C=C/c3ccc(-c4cccc(C(F)(F)F)c4)cn3)[C@H]12. The molecule has 68 heavy (non-hydrogen) atoms. The third-order valence-electron chi connectivity index (χ3n) is 16.0. The molecule has 0 spiro atoms. The first-order chi connectivity index (χ1) is 32.4. The number of carbonyl (C=O) groups excluding carboxylic acids is 2. The molecule has 6 fully saturated rings. The maximum absolute atomic E-state index is 13.0. The van der Waals surface area contributed by atoms with E-state index in [1.165, 1.54) is 12.1 Å². The fourth-order valence-electron chi connectivity index (χ4n) is 12.8. The number of hydrogen-bond donors (Lipinski definition) is 2. The summed E-state index contributed by atoms with van der Waals surface area (Å²) in [6, 6.07) is 18.1. The number of alkyl halides is 6. The molecule has 2 aromatic carbocycles. The van der Waals surface area contributed by atoms with Crippen LogP contribution < -0.4 is 11.5 Å². The van der Waals surface area contributed by atoms with E-state index in [0.717, 1.165) is 87.0 Å². The van der Waals surface area contributed by atoms with Gasteiger partial charge in [-0.3, -0.25) is 19.6 Å². The Hall–Kier alpha value is -5.34. The van der Waals surface area contributed by atoms with Crippen LogP contribution in [0.2, 0.25) is 0 Å². The van der Waals surface area contributed by atoms with Crippen LogP contribution in [0.25, 0.3) is 34.4 Å². The number of aromatic nitrogens is 2. The molecule has 0 unspecified atom stereocenters. The van der Waals surface area contributed by atoms with E-state index in [2.05, 4.69) is 22.1 Å². The Morgan fingerprint density at radius 1 is 0.559 bits per heavy atom. The summed E-state index contributed by atoms with van der Waals surface area (Å²) in [5, 5.41) is 0. The van der Waals surface area contributed by atoms with Gasteiger partial charge in [-0.05, 0) is 160 Å². The normalized spacial score (nSPS) is 33.4. The highest BCUT2D eigenvalue weighted by atomic mass is 19.4. The third kappa shape index (κ3) is 10.0. The number of nitrogens with two attached hydrogens (primary N) is 2. The number of ether oxygens (including phenoxy) is 2. The zero-order chi connectivity index (χ0) is 48.1. The van der Waals surface area contributed by atoms with E-state index in [1.807, 2.05) is 38.1 Å². The second-order valence-corrected chi connectivity index (χ2v) is 20.1. The van der Waals surface area contributed by atoms with E-state index in [4.69, 9.17) is 20.9 Å². The van der Waals surface area contributed by atoms with Crippen molar-refractivity contribution in [1.82, 2.24) is 9.97 Å². The van der Waals surface area contributed by atoms with Gasteiger partial charge in [-0.15, -0.1) is 0 Å². The lowest BCUT2D eigenvalue weighted by molar-refractivity contribution is -0.145. The van der Waals surface area contributed by atoms with Gasteiger partial charge in [0.15, 0.2) is 0 Å². The van der Waals surface area contributed by atoms with Gasteiger partial charge in [0.05, 0.1) is 34.4 Å². The Morgan fingerprint density at radius 3 is 1.34 bits per heavy atom. The number of pyridine rings is 2. The minimum absolute atomic E-state index is 0.0764. The summed E-state index contributed by atoms with van der Waals surface area (Å²) >= 11 is 0. The van der Waals surface area contributed by atoms with Crippen molar-refractivity contribution in [3.63, 3.8) is 0 Å². The molecule has 2 aromatic heterocycles. The first-order valence-corrected chi connectivity index (χ1v) is 24.0. The third-order valence-corrected chi connectivity index (χ3v) is 16.0. The summed E-state index contributed by atoms with van der Waals surface area (Å²) in [6.45, 7) is 3.97. The summed E-state index contributed by atoms with van der Waals surface area (Å²) in [6.07, 6.45) is 10.2. The number of halogens is 6. The summed E-state index contributed by atoms with van der Waals surface area (Å²) in [5.41, 5.74) is 14.8. The lowest BCUT2D eigenvalue weighted by atomic mass is 9.57. The minimum Gasteiger partial charge on any atom is -0.462 e. The van der Waals surface area contributed by atoms with Crippen molar-refractivity contribution < 1.29 is 45.4 Å². The number of allylic oxidation sites excluding steroid dienone is 2. The van der Waals surface area contributed by atoms with Crippen molar-refractivity contribution in [3.05, 3.63) is 120 Å². The van der Waals surface area contributed by atoms with Crippen LogP contribution in [-0.4, -0.2) is 46.2 Å². The number of rotatable bonds is 6. The highest BCUT2D eigenvalue weighted by Crippen LogP contribution is 2.55. The lowest BCUT2D eigenvalue weighted by Crippen LogP contribution is -2.46. The molecular weight excluding hydrogens is 883 g/mol. The lowest BCUT2D eigenvalue weighted by Gasteiger charge is -2.47. The molecule has 8 nitrogen and oxygen atoms in total. The van der Waals surface area contributed by atoms with E-state index in [1.54, 1.807) is 36.7 Å². The molecule has 14 atom stereocenters. The molecule has 4 heterocycles. The summed E-state index contributed by atoms with van der Waals surface area (Å²) in [4.78, 5) is 33.9. The molecule has 4 aliphatic carbocycles. The second kappa shape index (κ2) is 19.2. The topological polar surface area (TPSA) is 130 Å². The van der Waals surface area contributed by atoms with E-state index < -0.39 is 23.5 Å². The van der Waals surface area contributed by atoms with E-state index in [-0.39, 0.29) is 71.7 Å². The Morgan fingerprint density at radius 2 is 0.971 bits per heavy atom. The molecule has 0 bridgehead atoms. The van der Waals surface area contributed by atoms with E-state index in [9.17, 15) is 35.9 Å². The van der Waals surface area contributed by atoms with Gasteiger partial charge in [0.25, 0.3) is 0 Å². The average molecular weight is 941 g/mol. The molecule has 0 radical (unpaired) electrons. The van der Waals surface area contributed by atoms with Gasteiger partial charge in [-0.25, -0.2) is 0 Å². The van der Waals surface area contributed by atoms with Crippen LogP contribution in [0.3, 0.4) is 0 Å². The van der Waals surface area contributed by atoms with Gasteiger partial charge in [0.1, 0.15) is 12.2 Å². The first kappa shape index (κ1) is 47.7. The summed E-state index contributed by atoms with van der Waals surface area (Å²) in [5.74, 6) is 2.20. The molecule has 4 aromatic rings. The highest BCUT2D eigenvalue weighted by Gasteiger charge is 2.55. The fourth-order valence-corrected chi connectivity index (χ4v) is 12.8. The highest BCUT2D eigenvalue weighted by molar-refractivity contribution is 5.76. The van der Waals surface area contributed by atoms with Crippen LogP contribution in [0.15, 0.2) is 97.3 Å². The van der Waals surface area contributed by atoms with Gasteiger partial charge in [0, 0.05) is 47.4 Å². The molecule has 360 valence electrons. The molecule has 4 saturated carbocycles. The number of cyclic esters (lactones) is 2. The zero-order valence-corrected chi connectivity index (χ0v) is 38.1. The van der Waals surface area contributed by atoms with Crippen LogP contribution in [0.1, 0.15) is 87.7 Å². The molecular formula is C54H58F6N4O4. The molecule has 2 aliphatic heterocycles. The maximum atomic E-state index is 13.0. The van der Waals surface area contributed by atoms with Gasteiger partial charge in [-0.2, -0.15) is 26.3 Å². The predicted molar refractivity (Wildman–Crippen MR) is 246 cm³/mol. The Labute approximate surface area is 393 Å². The standard InChI is InChI=1S/2C27H29F3N2O2/c2*1-15-25-23(22-9-6-20(31)12-18(22)13-24(25)26(33)34-15)10-8-21-7-5-17(14-32-21)16-3-2-4-19(11-16)27(28,29)30/h2*2-5,7-8,10-11,14-15,18,20,22-25H,6,9,12-13,31H2,1H3/b2*10-8+/t15-,18+,20+,22-,23+,24-,25+;15-,18+,20-,22-,23+,24-,25+/m11/s1. The summed E-state index contributed by atoms with van der Waals surface area (Å²) in [7, 11) is 0. The number of carbonyl (C=O) groups is 2. The molecule has 10 rings (SSSR count). The molecule has 14 heteroatoms. The molecule has 4 N–H and O–H groups in total. The summed E-state index contributed by atoms with van der Waals surface area (Å²) < 4.78 is 89.5. The molecule has 6 aliphatic rings. The first-order valence-electron chi connectivity index (χ1n) is 24.0. The van der Waals surface area contributed by atoms with Crippen LogP contribution in [0.4, 0.5) is 26.3 Å². The number of fused-ring (bicyclic) bond motifs is 4. The van der Waals surface area contributed by atoms with Crippen molar-refractivity contribution in [2.45, 2.75) is 102 Å². The smallest absolute Gasteiger partial charge is 0.416 e. The number of esters is 2. The molecule has 2 saturated heterocycles. The minimum atomic E-state index is -4.38. The van der Waals surface area contributed by atoms with Crippen LogP contribution in [0.5, 0.6) is 0 Å². The predicted octanol–water partition coefficient (Wildman–Crippen LogP) is 11.4. The van der Waals surface area contributed by atoms with Gasteiger partial charge in [-0.1, -0.05) is 48.6 Å². The average Bonchev–Trinajstić information content (AvgIpc) is 3.76. The fraction of sp³-hybridized carbons (Fsp3) is 0.481. The monoisotopic (exact) mass is 940 g/mol. The Balaban J connectivity index is 0.000000170. The number of nitrogens with zero attached hydrogens (tertiary/aromatic N) is 2. The van der Waals surface area contributed by atoms with Crippen molar-refractivity contribution in [2.24, 2.45) is 70.6 Å². The number of hydrogen-bond acceptors (Lipinski definition) is 8. The Bertz CT molecular complexity index is 2340. The zero-order valence-electron chi connectivity index (χ0n) is 38.1. The van der Waals surface area contributed by atoms with Crippen LogP contribution >= 0.6 is 0 Å². The second-order valence-electron chi connectivity index (χ2n) is 20.1. The molecule has 0 amide bonds. The largest absolute Gasteiger partial charge is 0.462 e. The van der Waals surface area contributed by atoms with Gasteiger partial charge in [0.2, 0.25) is 0 Å². The maximum Gasteiger partial charge on any atom is 0.416 e. The van der Waals surface area contributed by atoms with Gasteiger partial charge >= 0.3 is 24.3 Å². The van der Waals surface area contributed by atoms with Crippen molar-refractivity contribution in [1.29, 1.82) is 0 Å². The Kier molecular flexibility index (Phi) is 13.5. The van der Waals surface area contributed by atoms with Crippen molar-refractivity contribution in [2.75, 3.05) is 0 Å². The van der Waals surface area contributed by atoms with E-state index in [0.29, 0.717) is 45.9 Å². The van der Waals surface area contributed by atoms with Crippen LogP contribution in [0, 0.1) is 59.2 Å². The van der Waals surface area contributed by atoms with Crippen LogP contribution in [-0.2, 0) is 31.4 Å². The van der Waals surface area contributed by atoms with Crippen molar-refractivity contribution >= 4 is 24.1 Å². The number of benzene rings is 2. The van der Waals surface area contributed by atoms with Gasteiger partial charge < -0.3 is 20.9 Å².